The van der Waals surface area contributed by atoms with Crippen molar-refractivity contribution < 1.29 is 72.0 Å². The molecule has 4 heterocycles. The monoisotopic (exact) mass is 1200 g/mol. The van der Waals surface area contributed by atoms with E-state index in [0.29, 0.717) is 42.0 Å². The number of ether oxygens (including phenoxy) is 4. The number of methoxy groups -OCH3 is 1. The van der Waals surface area contributed by atoms with Crippen molar-refractivity contribution in [2.45, 2.75) is 167 Å². The van der Waals surface area contributed by atoms with Crippen molar-refractivity contribution in [3.05, 3.63) is 99.6 Å². The lowest BCUT2D eigenvalue weighted by molar-refractivity contribution is -0.158. The standard InChI is InChI=1S/C61H81ClN8O15/c1-34(2)53(66-48(72)19-12-11-13-27-70-49(73)24-25-50(70)74)55(76)65-42(17-15-26-64-58(63)79)44(71)31-39-20-22-41(23-21-39)56(77)68(8)38(6)57(78)84-47-32-51(75)69(9)43-30-40(29-36(4)52(43)62)28-35(3)16-14-18-46(82-10)61(81)33-45(83-59(80)67-61)37(5)54-60(47,7)85-54/h14,16,18,20-25,29-30,34,37-38,42,45-47,53-54,81H,11-13,15,17,19,26-28,31-33H2,1-10H3,(H,65,76)(H,66,72)(H,67,80)(H3,63,64,79)/b18-14+,35-16+/t37-,38+,42+,45+,46-,47+,53+,54+,60+,61+/m1/s1. The molecule has 7 N–H and O–H groups in total. The number of nitrogens with one attached hydrogen (secondary N) is 4. The Morgan fingerprint density at radius 3 is 2.31 bits per heavy atom. The average molecular weight is 1200 g/mol. The Kier molecular flexibility index (Phi) is 22.8. The highest BCUT2D eigenvalue weighted by Gasteiger charge is 2.64. The van der Waals surface area contributed by atoms with Crippen LogP contribution in [0.4, 0.5) is 15.3 Å². The molecular weight excluding hydrogens is 1120 g/mol. The number of primary amides is 1. The molecule has 24 heteroatoms. The number of hydrogen-bond donors (Lipinski definition) is 6. The molecule has 462 valence electrons. The van der Waals surface area contributed by atoms with Crippen molar-refractivity contribution in [1.29, 1.82) is 0 Å². The van der Waals surface area contributed by atoms with Crippen molar-refractivity contribution in [3.8, 4) is 0 Å². The Morgan fingerprint density at radius 2 is 1.66 bits per heavy atom. The number of alkyl carbamates (subject to hydrolysis) is 1. The molecule has 10 atom stereocenters. The number of aliphatic hydroxyl groups is 1. The molecule has 9 amide bonds. The molecule has 2 aromatic rings. The van der Waals surface area contributed by atoms with Crippen molar-refractivity contribution in [2.75, 3.05) is 39.2 Å². The quantitative estimate of drug-likeness (QED) is 0.0399. The number of amides is 9. The van der Waals surface area contributed by atoms with E-state index in [1.54, 1.807) is 59.0 Å². The predicted molar refractivity (Wildman–Crippen MR) is 313 cm³/mol. The van der Waals surface area contributed by atoms with Gasteiger partial charge in [-0.15, -0.1) is 0 Å². The number of allylic oxidation sites excluding steroid dienone is 3. The number of urea groups is 1. The topological polar surface area (TPSA) is 315 Å². The van der Waals surface area contributed by atoms with Gasteiger partial charge in [-0.05, 0) is 101 Å². The van der Waals surface area contributed by atoms with E-state index in [9.17, 15) is 53.1 Å². The van der Waals surface area contributed by atoms with Crippen LogP contribution in [0.2, 0.25) is 5.02 Å². The van der Waals surface area contributed by atoms with E-state index < -0.39 is 114 Å². The van der Waals surface area contributed by atoms with Crippen molar-refractivity contribution in [2.24, 2.45) is 17.6 Å². The number of unbranched alkanes of at least 4 members (excludes halogenated alkanes) is 2. The van der Waals surface area contributed by atoms with Gasteiger partial charge in [-0.1, -0.05) is 80.8 Å². The van der Waals surface area contributed by atoms with Gasteiger partial charge in [-0.2, -0.15) is 0 Å². The number of likely N-dealkylation sites (N-methyl/N-ethyl adjacent to an activating group) is 1. The number of nitrogens with two attached hydrogens (primary N) is 1. The lowest BCUT2D eigenvalue weighted by Crippen LogP contribution is -2.63. The zero-order valence-corrected chi connectivity index (χ0v) is 50.7. The molecule has 4 bridgehead atoms. The highest BCUT2D eigenvalue weighted by atomic mass is 35.5. The second-order valence-corrected chi connectivity index (χ2v) is 23.4. The van der Waals surface area contributed by atoms with Gasteiger partial charge in [0, 0.05) is 77.2 Å². The number of halogens is 1. The van der Waals surface area contributed by atoms with Gasteiger partial charge in [-0.25, -0.2) is 14.4 Å². The van der Waals surface area contributed by atoms with E-state index in [2.05, 4.69) is 21.3 Å². The second-order valence-electron chi connectivity index (χ2n) is 23.0. The fourth-order valence-electron chi connectivity index (χ4n) is 10.8. The molecule has 0 aromatic heterocycles. The number of carbonyl (C=O) groups excluding carboxylic acids is 10. The van der Waals surface area contributed by atoms with Crippen LogP contribution < -0.4 is 31.9 Å². The van der Waals surface area contributed by atoms with E-state index in [1.807, 2.05) is 32.1 Å². The number of Topliss-reactive ketones (excluding diaryl/α,β-unsaturated/α-hetero) is 1. The average Bonchev–Trinajstić information content (AvgIpc) is 1.64. The molecule has 0 spiro atoms. The molecule has 0 saturated carbocycles. The molecule has 2 aromatic carbocycles. The Bertz CT molecular complexity index is 2950. The normalized spacial score (nSPS) is 25.3. The van der Waals surface area contributed by atoms with Crippen LogP contribution in [0.15, 0.2) is 72.4 Å². The third-order valence-electron chi connectivity index (χ3n) is 16.2. The summed E-state index contributed by atoms with van der Waals surface area (Å²) >= 11 is 6.86. The van der Waals surface area contributed by atoms with Crippen LogP contribution in [0, 0.1) is 18.8 Å². The lowest BCUT2D eigenvalue weighted by Gasteiger charge is -2.42. The summed E-state index contributed by atoms with van der Waals surface area (Å²) in [5, 5.41) is 22.8. The minimum atomic E-state index is -1.89. The maximum atomic E-state index is 14.4. The van der Waals surface area contributed by atoms with Gasteiger partial charge in [0.05, 0.1) is 29.3 Å². The van der Waals surface area contributed by atoms with Crippen molar-refractivity contribution in [1.82, 2.24) is 31.1 Å². The number of hydrogen-bond acceptors (Lipinski definition) is 15. The first kappa shape index (κ1) is 66.7. The number of imide groups is 1. The largest absolute Gasteiger partial charge is 0.457 e. The smallest absolute Gasteiger partial charge is 0.409 e. The highest BCUT2D eigenvalue weighted by molar-refractivity contribution is 6.34. The van der Waals surface area contributed by atoms with Gasteiger partial charge in [0.15, 0.2) is 11.5 Å². The van der Waals surface area contributed by atoms with Crippen molar-refractivity contribution >= 4 is 76.6 Å². The Balaban J connectivity index is 1.14. The SMILES string of the molecule is CO[C@@H]1/C=C/C=C(\C)Cc2cc(C)c(Cl)c(c2)N(C)C(=O)C[C@H](OC(=O)[C@H](C)N(C)C(=O)c2ccc(CC(=O)[C@H](CCCNC(N)=O)NC(=O)[C@@H](NC(=O)CCCCCN3C(=O)C=CC3=O)C(C)C)cc2)[C@]2(C)O[C@H]2[C@H](C)[C@@H]2C[C@@]1(O)NC(=O)O2. The number of carbonyl (C=O) groups is 10. The van der Waals surface area contributed by atoms with Gasteiger partial charge in [0.25, 0.3) is 17.7 Å². The molecule has 6 rings (SSSR count). The Labute approximate surface area is 500 Å². The van der Waals surface area contributed by atoms with Gasteiger partial charge in [-0.3, -0.25) is 43.8 Å². The van der Waals surface area contributed by atoms with Gasteiger partial charge in [0.2, 0.25) is 17.7 Å². The van der Waals surface area contributed by atoms with Gasteiger partial charge < -0.3 is 55.5 Å². The first-order valence-corrected chi connectivity index (χ1v) is 29.0. The van der Waals surface area contributed by atoms with Crippen LogP contribution in [0.5, 0.6) is 0 Å². The van der Waals surface area contributed by atoms with E-state index in [-0.39, 0.29) is 68.5 Å². The number of ketones is 1. The summed E-state index contributed by atoms with van der Waals surface area (Å²) in [6.07, 6.45) is 4.55. The molecule has 0 unspecified atom stereocenters. The summed E-state index contributed by atoms with van der Waals surface area (Å²) in [4.78, 5) is 136. The molecule has 2 saturated heterocycles. The predicted octanol–water partition coefficient (Wildman–Crippen LogP) is 4.80. The summed E-state index contributed by atoms with van der Waals surface area (Å²) in [5.74, 6) is -5.05. The van der Waals surface area contributed by atoms with Crippen LogP contribution in [0.1, 0.15) is 120 Å². The lowest BCUT2D eigenvalue weighted by atomic mass is 9.83. The highest BCUT2D eigenvalue weighted by Crippen LogP contribution is 2.49. The third-order valence-corrected chi connectivity index (χ3v) is 16.6. The molecule has 85 heavy (non-hydrogen) atoms. The number of aryl methyl sites for hydroxylation is 1. The van der Waals surface area contributed by atoms with Crippen molar-refractivity contribution in [3.63, 3.8) is 0 Å². The fraction of sp³-hybridized carbons (Fsp3) is 0.541. The van der Waals surface area contributed by atoms with E-state index in [4.69, 9.17) is 36.3 Å². The molecule has 4 aliphatic rings. The first-order valence-electron chi connectivity index (χ1n) is 28.6. The zero-order chi connectivity index (χ0) is 62.7. The van der Waals surface area contributed by atoms with Gasteiger partial charge >= 0.3 is 18.1 Å². The molecule has 4 aliphatic heterocycles. The van der Waals surface area contributed by atoms with Gasteiger partial charge in [0.1, 0.15) is 36.0 Å². The first-order chi connectivity index (χ1) is 40.1. The maximum Gasteiger partial charge on any atom is 0.409 e. The molecular formula is C61H81ClN8O15. The van der Waals surface area contributed by atoms with Crippen LogP contribution in [-0.2, 0) is 65.4 Å². The summed E-state index contributed by atoms with van der Waals surface area (Å²) in [6, 6.07) is 5.80. The van der Waals surface area contributed by atoms with Crippen LogP contribution in [0.25, 0.3) is 0 Å². The molecule has 23 nitrogen and oxygen atoms in total. The Morgan fingerprint density at radius 1 is 0.976 bits per heavy atom. The number of nitrogens with zero attached hydrogens (tertiary/aromatic N) is 3. The van der Waals surface area contributed by atoms with Crippen LogP contribution in [0.3, 0.4) is 0 Å². The number of fused-ring (bicyclic) bond motifs is 5. The molecule has 0 radical (unpaired) electrons. The molecule has 0 aliphatic carbocycles. The number of esters is 1. The third kappa shape index (κ3) is 17.1. The van der Waals surface area contributed by atoms with Crippen LogP contribution >= 0.6 is 11.6 Å². The fourth-order valence-corrected chi connectivity index (χ4v) is 11.0. The summed E-state index contributed by atoms with van der Waals surface area (Å²) in [5.41, 5.74) is 5.59. The number of rotatable bonds is 22. The summed E-state index contributed by atoms with van der Waals surface area (Å²) in [6.45, 7) is 12.5. The summed E-state index contributed by atoms with van der Waals surface area (Å²) < 4.78 is 24.0. The second kappa shape index (κ2) is 29.1. The maximum absolute atomic E-state index is 14.4. The minimum absolute atomic E-state index is 0.0826. The van der Waals surface area contributed by atoms with Crippen LogP contribution in [-0.4, -0.2) is 162 Å². The summed E-state index contributed by atoms with van der Waals surface area (Å²) in [7, 11) is 4.39. The van der Waals surface area contributed by atoms with E-state index >= 15 is 0 Å². The minimum Gasteiger partial charge on any atom is -0.457 e. The molecule has 2 fully saturated rings. The number of benzene rings is 2. The van der Waals surface area contributed by atoms with E-state index in [1.165, 1.54) is 55.2 Å². The zero-order valence-electron chi connectivity index (χ0n) is 50.0. The van der Waals surface area contributed by atoms with E-state index in [0.717, 1.165) is 21.6 Å². The Hall–Kier alpha value is -7.47. The number of anilines is 1. The number of epoxide rings is 1.